The Morgan fingerprint density at radius 1 is 1.09 bits per heavy atom. The van der Waals surface area contributed by atoms with E-state index in [1.807, 2.05) is 0 Å². The third-order valence-electron chi connectivity index (χ3n) is 5.33. The first-order valence-electron chi connectivity index (χ1n) is 8.92. The molecule has 0 N–H and O–H groups in total. The molecule has 0 aliphatic carbocycles. The number of amides is 1. The van der Waals surface area contributed by atoms with Crippen molar-refractivity contribution < 1.29 is 9.53 Å². The van der Waals surface area contributed by atoms with Crippen molar-refractivity contribution in [1.29, 1.82) is 0 Å². The number of carbonyl (C=O) groups is 1. The zero-order valence-corrected chi connectivity index (χ0v) is 14.2. The van der Waals surface area contributed by atoms with E-state index in [0.717, 1.165) is 58.7 Å². The molecule has 0 bridgehead atoms. The molecule has 2 aliphatic heterocycles. The molecule has 4 nitrogen and oxygen atoms in total. The predicted octanol–water partition coefficient (Wildman–Crippen LogP) is 2.64. The van der Waals surface area contributed by atoms with Crippen LogP contribution in [0.3, 0.4) is 0 Å². The van der Waals surface area contributed by atoms with E-state index in [-0.39, 0.29) is 5.54 Å². The smallest absolute Gasteiger partial charge is 0.222 e. The topological polar surface area (TPSA) is 32.8 Å². The number of piperidine rings is 1. The summed E-state index contributed by atoms with van der Waals surface area (Å²) in [6.07, 6.45) is 3.65. The molecule has 23 heavy (non-hydrogen) atoms. The molecule has 3 rings (SSSR count). The number of rotatable bonds is 4. The first-order valence-corrected chi connectivity index (χ1v) is 8.92. The minimum atomic E-state index is 0.0635. The Labute approximate surface area is 139 Å². The summed E-state index contributed by atoms with van der Waals surface area (Å²) in [5.74, 6) is 0.316. The molecule has 0 unspecified atom stereocenters. The van der Waals surface area contributed by atoms with Gasteiger partial charge in [-0.2, -0.15) is 0 Å². The van der Waals surface area contributed by atoms with Gasteiger partial charge in [0.1, 0.15) is 0 Å². The number of carbonyl (C=O) groups excluding carboxylic acids is 1. The highest BCUT2D eigenvalue weighted by Crippen LogP contribution is 2.39. The zero-order chi connectivity index (χ0) is 16.1. The van der Waals surface area contributed by atoms with Gasteiger partial charge in [-0.15, -0.1) is 0 Å². The van der Waals surface area contributed by atoms with Crippen LogP contribution in [0.5, 0.6) is 0 Å². The maximum atomic E-state index is 12.2. The number of likely N-dealkylation sites (tertiary alicyclic amines) is 1. The van der Waals surface area contributed by atoms with Crippen molar-refractivity contribution in [2.45, 2.75) is 38.1 Å². The highest BCUT2D eigenvalue weighted by Gasteiger charge is 2.42. The van der Waals surface area contributed by atoms with E-state index < -0.39 is 0 Å². The van der Waals surface area contributed by atoms with Crippen molar-refractivity contribution in [1.82, 2.24) is 9.80 Å². The third-order valence-corrected chi connectivity index (χ3v) is 5.33. The lowest BCUT2D eigenvalue weighted by Gasteiger charge is -2.50. The Hall–Kier alpha value is -1.39. The maximum absolute atomic E-state index is 12.2. The number of nitrogens with zero attached hydrogens (tertiary/aromatic N) is 2. The van der Waals surface area contributed by atoms with E-state index in [0.29, 0.717) is 12.3 Å². The Balaban J connectivity index is 1.80. The van der Waals surface area contributed by atoms with Crippen LogP contribution in [0.1, 0.15) is 38.2 Å². The summed E-state index contributed by atoms with van der Waals surface area (Å²) in [7, 11) is 0. The quantitative estimate of drug-likeness (QED) is 0.856. The number of hydrogen-bond donors (Lipinski definition) is 0. The fourth-order valence-electron chi connectivity index (χ4n) is 4.03. The van der Waals surface area contributed by atoms with Gasteiger partial charge in [0, 0.05) is 38.1 Å². The van der Waals surface area contributed by atoms with Crippen LogP contribution in [-0.2, 0) is 15.1 Å². The fraction of sp³-hybridized carbons (Fsp3) is 0.632. The summed E-state index contributed by atoms with van der Waals surface area (Å²) < 4.78 is 5.56. The lowest BCUT2D eigenvalue weighted by atomic mass is 9.79. The summed E-state index contributed by atoms with van der Waals surface area (Å²) in [5, 5.41) is 0. The van der Waals surface area contributed by atoms with Gasteiger partial charge >= 0.3 is 0 Å². The van der Waals surface area contributed by atoms with Crippen molar-refractivity contribution >= 4 is 5.91 Å². The maximum Gasteiger partial charge on any atom is 0.222 e. The van der Waals surface area contributed by atoms with Crippen LogP contribution in [0.15, 0.2) is 30.3 Å². The lowest BCUT2D eigenvalue weighted by Crippen LogP contribution is -2.57. The largest absolute Gasteiger partial charge is 0.379 e. The van der Waals surface area contributed by atoms with E-state index in [4.69, 9.17) is 4.74 Å². The highest BCUT2D eigenvalue weighted by molar-refractivity contribution is 5.76. The third kappa shape index (κ3) is 3.43. The van der Waals surface area contributed by atoms with Crippen LogP contribution in [0, 0.1) is 0 Å². The van der Waals surface area contributed by atoms with E-state index in [1.165, 1.54) is 5.56 Å². The monoisotopic (exact) mass is 316 g/mol. The molecule has 0 saturated carbocycles. The summed E-state index contributed by atoms with van der Waals surface area (Å²) in [6, 6.07) is 10.8. The average molecular weight is 316 g/mol. The van der Waals surface area contributed by atoms with E-state index >= 15 is 0 Å². The molecular formula is C19H28N2O2. The number of morpholine rings is 1. The van der Waals surface area contributed by atoms with Gasteiger partial charge in [0.2, 0.25) is 5.91 Å². The predicted molar refractivity (Wildman–Crippen MR) is 91.2 cm³/mol. The standard InChI is InChI=1S/C19H28N2O2/c1-2-6-18(22)20-11-9-19(10-12-20,17-7-4-3-5-8-17)21-13-15-23-16-14-21/h3-5,7-8H,2,6,9-16H2,1H3. The second-order valence-corrected chi connectivity index (χ2v) is 6.63. The van der Waals surface area contributed by atoms with Gasteiger partial charge in [-0.05, 0) is 24.8 Å². The van der Waals surface area contributed by atoms with Crippen LogP contribution in [0.25, 0.3) is 0 Å². The van der Waals surface area contributed by atoms with Gasteiger partial charge in [-0.25, -0.2) is 0 Å². The number of ether oxygens (including phenoxy) is 1. The number of benzene rings is 1. The average Bonchev–Trinajstić information content (AvgIpc) is 2.63. The molecule has 1 aromatic carbocycles. The normalized spacial score (nSPS) is 22.0. The van der Waals surface area contributed by atoms with Crippen LogP contribution >= 0.6 is 0 Å². The molecule has 2 heterocycles. The molecule has 126 valence electrons. The summed E-state index contributed by atoms with van der Waals surface area (Å²) in [5.41, 5.74) is 1.46. The van der Waals surface area contributed by atoms with Gasteiger partial charge in [-0.1, -0.05) is 37.3 Å². The minimum absolute atomic E-state index is 0.0635. The Morgan fingerprint density at radius 2 is 1.74 bits per heavy atom. The first-order chi connectivity index (χ1) is 11.3. The van der Waals surface area contributed by atoms with E-state index in [9.17, 15) is 4.79 Å². The lowest BCUT2D eigenvalue weighted by molar-refractivity contribution is -0.135. The molecule has 2 fully saturated rings. The minimum Gasteiger partial charge on any atom is -0.379 e. The van der Waals surface area contributed by atoms with Crippen molar-refractivity contribution in [2.75, 3.05) is 39.4 Å². The van der Waals surface area contributed by atoms with E-state index in [2.05, 4.69) is 47.1 Å². The number of hydrogen-bond acceptors (Lipinski definition) is 3. The van der Waals surface area contributed by atoms with E-state index in [1.54, 1.807) is 0 Å². The molecule has 4 heteroatoms. The van der Waals surface area contributed by atoms with Crippen molar-refractivity contribution in [2.24, 2.45) is 0 Å². The molecule has 0 spiro atoms. The van der Waals surface area contributed by atoms with Crippen molar-refractivity contribution in [3.63, 3.8) is 0 Å². The Kier molecular flexibility index (Phi) is 5.34. The Morgan fingerprint density at radius 3 is 2.35 bits per heavy atom. The van der Waals surface area contributed by atoms with Crippen LogP contribution in [0.4, 0.5) is 0 Å². The summed E-state index contributed by atoms with van der Waals surface area (Å²) in [6.45, 7) is 7.40. The summed E-state index contributed by atoms with van der Waals surface area (Å²) >= 11 is 0. The zero-order valence-electron chi connectivity index (χ0n) is 14.2. The van der Waals surface area contributed by atoms with Crippen LogP contribution in [0.2, 0.25) is 0 Å². The molecule has 1 amide bonds. The molecule has 1 aromatic rings. The molecule has 2 aliphatic rings. The van der Waals surface area contributed by atoms with Crippen molar-refractivity contribution in [3.8, 4) is 0 Å². The second kappa shape index (κ2) is 7.45. The van der Waals surface area contributed by atoms with Crippen LogP contribution in [-0.4, -0.2) is 55.1 Å². The van der Waals surface area contributed by atoms with Crippen molar-refractivity contribution in [3.05, 3.63) is 35.9 Å². The Bertz CT molecular complexity index is 503. The molecule has 0 radical (unpaired) electrons. The first kappa shape index (κ1) is 16.5. The van der Waals surface area contributed by atoms with Gasteiger partial charge in [-0.3, -0.25) is 9.69 Å². The molecule has 2 saturated heterocycles. The molecule has 0 aromatic heterocycles. The fourth-order valence-corrected chi connectivity index (χ4v) is 4.03. The molecule has 0 atom stereocenters. The second-order valence-electron chi connectivity index (χ2n) is 6.63. The highest BCUT2D eigenvalue weighted by atomic mass is 16.5. The SMILES string of the molecule is CCCC(=O)N1CCC(c2ccccc2)(N2CCOCC2)CC1. The van der Waals surface area contributed by atoms with Gasteiger partial charge in [0.25, 0.3) is 0 Å². The van der Waals surface area contributed by atoms with Gasteiger partial charge in [0.15, 0.2) is 0 Å². The summed E-state index contributed by atoms with van der Waals surface area (Å²) in [4.78, 5) is 16.9. The van der Waals surface area contributed by atoms with Gasteiger partial charge < -0.3 is 9.64 Å². The molecular weight excluding hydrogens is 288 g/mol. The van der Waals surface area contributed by atoms with Crippen LogP contribution < -0.4 is 0 Å². The van der Waals surface area contributed by atoms with Gasteiger partial charge in [0.05, 0.1) is 13.2 Å².